The minimum absolute atomic E-state index is 0.0169. The van der Waals surface area contributed by atoms with Gasteiger partial charge in [-0.1, -0.05) is 17.8 Å². The molecule has 4 N–H and O–H groups in total. The smallest absolute Gasteiger partial charge is 0.253 e. The fraction of sp³-hybridized carbons (Fsp3) is 0.0909. The van der Waals surface area contributed by atoms with Gasteiger partial charge in [0.05, 0.1) is 6.61 Å². The summed E-state index contributed by atoms with van der Waals surface area (Å²) >= 11 is 4.69. The monoisotopic (exact) mass is 327 g/mol. The van der Waals surface area contributed by atoms with Gasteiger partial charge in [0.15, 0.2) is 5.16 Å². The molecular weight excluding hydrogens is 318 g/mol. The van der Waals surface area contributed by atoms with Crippen LogP contribution in [0.25, 0.3) is 0 Å². The summed E-state index contributed by atoms with van der Waals surface area (Å²) in [5.74, 6) is 0.185. The predicted molar refractivity (Wildman–Crippen MR) is 73.5 cm³/mol. The number of nitrogens with one attached hydrogen (secondary N) is 1. The van der Waals surface area contributed by atoms with E-state index >= 15 is 0 Å². The highest BCUT2D eigenvalue weighted by Gasteiger charge is 2.06. The Hall–Kier alpha value is -1.31. The summed E-state index contributed by atoms with van der Waals surface area (Å²) < 4.78 is 0.823. The van der Waals surface area contributed by atoms with E-state index in [-0.39, 0.29) is 18.0 Å². The van der Waals surface area contributed by atoms with Crippen molar-refractivity contribution < 1.29 is 5.11 Å². The van der Waals surface area contributed by atoms with Crippen molar-refractivity contribution in [1.29, 1.82) is 0 Å². The number of hydrogen-bond acceptors (Lipinski definition) is 5. The third-order valence-corrected chi connectivity index (χ3v) is 4.01. The van der Waals surface area contributed by atoms with E-state index in [1.54, 1.807) is 6.07 Å². The molecule has 0 amide bonds. The van der Waals surface area contributed by atoms with Crippen molar-refractivity contribution >= 4 is 33.5 Å². The first-order valence-electron chi connectivity index (χ1n) is 5.02. The lowest BCUT2D eigenvalue weighted by molar-refractivity contribution is 0.281. The summed E-state index contributed by atoms with van der Waals surface area (Å²) in [4.78, 5) is 18.8. The number of aromatic amines is 1. The SMILES string of the molecule is Nc1cc(=O)[nH]c(Sc2ccc(CO)cc2Br)n1. The maximum Gasteiger partial charge on any atom is 0.253 e. The first-order valence-corrected chi connectivity index (χ1v) is 6.63. The second-order valence-electron chi connectivity index (χ2n) is 3.50. The molecule has 0 aliphatic rings. The van der Waals surface area contributed by atoms with Gasteiger partial charge >= 0.3 is 0 Å². The Balaban J connectivity index is 2.31. The molecule has 0 saturated carbocycles. The number of H-pyrrole nitrogens is 1. The minimum atomic E-state index is -0.284. The molecule has 18 heavy (non-hydrogen) atoms. The van der Waals surface area contributed by atoms with Crippen LogP contribution in [-0.4, -0.2) is 15.1 Å². The zero-order valence-corrected chi connectivity index (χ0v) is 11.6. The number of anilines is 1. The van der Waals surface area contributed by atoms with E-state index in [1.807, 2.05) is 12.1 Å². The second kappa shape index (κ2) is 5.55. The molecule has 2 rings (SSSR count). The molecule has 0 aliphatic carbocycles. The lowest BCUT2D eigenvalue weighted by Crippen LogP contribution is -2.09. The number of halogens is 1. The molecule has 5 nitrogen and oxygen atoms in total. The van der Waals surface area contributed by atoms with Crippen LogP contribution in [0.2, 0.25) is 0 Å². The molecule has 0 unspecified atom stereocenters. The summed E-state index contributed by atoms with van der Waals surface area (Å²) in [5, 5.41) is 9.44. The molecule has 7 heteroatoms. The number of aliphatic hydroxyl groups excluding tert-OH is 1. The van der Waals surface area contributed by atoms with Gasteiger partial charge in [-0.2, -0.15) is 0 Å². The van der Waals surface area contributed by atoms with E-state index in [2.05, 4.69) is 25.9 Å². The van der Waals surface area contributed by atoms with Crippen molar-refractivity contribution in [3.63, 3.8) is 0 Å². The number of benzene rings is 1. The van der Waals surface area contributed by atoms with Gasteiger partial charge in [-0.25, -0.2) is 4.98 Å². The normalized spacial score (nSPS) is 10.6. The van der Waals surface area contributed by atoms with Crippen LogP contribution in [0.3, 0.4) is 0 Å². The van der Waals surface area contributed by atoms with E-state index in [4.69, 9.17) is 10.8 Å². The Morgan fingerprint density at radius 3 is 2.83 bits per heavy atom. The van der Waals surface area contributed by atoms with Crippen LogP contribution in [0.4, 0.5) is 5.82 Å². The number of nitrogen functional groups attached to an aromatic ring is 1. The molecule has 0 aliphatic heterocycles. The van der Waals surface area contributed by atoms with E-state index in [1.165, 1.54) is 17.8 Å². The van der Waals surface area contributed by atoms with Crippen molar-refractivity contribution in [3.8, 4) is 0 Å². The molecule has 0 saturated heterocycles. The molecule has 0 radical (unpaired) electrons. The summed E-state index contributed by atoms with van der Waals surface area (Å²) in [7, 11) is 0. The molecule has 1 aromatic carbocycles. The van der Waals surface area contributed by atoms with Gasteiger partial charge in [-0.05, 0) is 33.6 Å². The van der Waals surface area contributed by atoms with Gasteiger partial charge in [-0.3, -0.25) is 4.79 Å². The van der Waals surface area contributed by atoms with E-state index < -0.39 is 0 Å². The third-order valence-electron chi connectivity index (χ3n) is 2.13. The second-order valence-corrected chi connectivity index (χ2v) is 5.39. The molecule has 0 atom stereocenters. The predicted octanol–water partition coefficient (Wildman–Crippen LogP) is 1.76. The zero-order chi connectivity index (χ0) is 13.1. The fourth-order valence-electron chi connectivity index (χ4n) is 1.33. The van der Waals surface area contributed by atoms with Gasteiger partial charge in [0.2, 0.25) is 0 Å². The Labute approximate surface area is 116 Å². The highest BCUT2D eigenvalue weighted by molar-refractivity contribution is 9.10. The molecule has 1 heterocycles. The maximum atomic E-state index is 11.3. The molecule has 0 bridgehead atoms. The van der Waals surface area contributed by atoms with Crippen molar-refractivity contribution in [3.05, 3.63) is 44.7 Å². The van der Waals surface area contributed by atoms with Gasteiger partial charge in [0, 0.05) is 15.4 Å². The summed E-state index contributed by atoms with van der Waals surface area (Å²) in [6.45, 7) is -0.0169. The average molecular weight is 328 g/mol. The first-order chi connectivity index (χ1) is 8.58. The number of nitrogens with two attached hydrogens (primary N) is 1. The van der Waals surface area contributed by atoms with Crippen molar-refractivity contribution in [2.75, 3.05) is 5.73 Å². The molecule has 0 spiro atoms. The Bertz CT molecular complexity index is 630. The highest BCUT2D eigenvalue weighted by Crippen LogP contribution is 2.32. The number of aromatic nitrogens is 2. The molecule has 1 aromatic heterocycles. The highest BCUT2D eigenvalue weighted by atomic mass is 79.9. The van der Waals surface area contributed by atoms with Gasteiger partial charge in [-0.15, -0.1) is 0 Å². The van der Waals surface area contributed by atoms with Gasteiger partial charge in [0.25, 0.3) is 5.56 Å². The molecule has 94 valence electrons. The average Bonchev–Trinajstić information content (AvgIpc) is 2.30. The Morgan fingerprint density at radius 1 is 1.44 bits per heavy atom. The molecule has 0 fully saturated rings. The third kappa shape index (κ3) is 3.12. The van der Waals surface area contributed by atoms with Crippen LogP contribution in [0.1, 0.15) is 5.56 Å². The number of aliphatic hydroxyl groups is 1. The fourth-order valence-corrected chi connectivity index (χ4v) is 2.80. The van der Waals surface area contributed by atoms with E-state index in [0.717, 1.165) is 14.9 Å². The quantitative estimate of drug-likeness (QED) is 0.747. The number of nitrogens with zero attached hydrogens (tertiary/aromatic N) is 1. The minimum Gasteiger partial charge on any atom is -0.392 e. The lowest BCUT2D eigenvalue weighted by atomic mass is 10.2. The summed E-state index contributed by atoms with van der Waals surface area (Å²) in [6, 6.07) is 6.68. The van der Waals surface area contributed by atoms with Gasteiger partial charge < -0.3 is 15.8 Å². The van der Waals surface area contributed by atoms with Crippen LogP contribution in [0, 0.1) is 0 Å². The topological polar surface area (TPSA) is 92.0 Å². The Kier molecular flexibility index (Phi) is 4.05. The van der Waals surface area contributed by atoms with E-state index in [9.17, 15) is 4.79 Å². The molecule has 2 aromatic rings. The van der Waals surface area contributed by atoms with Crippen molar-refractivity contribution in [1.82, 2.24) is 9.97 Å². The van der Waals surface area contributed by atoms with Gasteiger partial charge in [0.1, 0.15) is 5.82 Å². The Morgan fingerprint density at radius 2 is 2.22 bits per heavy atom. The van der Waals surface area contributed by atoms with Crippen molar-refractivity contribution in [2.45, 2.75) is 16.7 Å². The zero-order valence-electron chi connectivity index (χ0n) is 9.18. The van der Waals surface area contributed by atoms with Crippen LogP contribution in [0.5, 0.6) is 0 Å². The lowest BCUT2D eigenvalue weighted by Gasteiger charge is -2.05. The number of rotatable bonds is 3. The van der Waals surface area contributed by atoms with Crippen LogP contribution >= 0.6 is 27.7 Å². The summed E-state index contributed by atoms with van der Waals surface area (Å²) in [6.07, 6.45) is 0. The largest absolute Gasteiger partial charge is 0.392 e. The van der Waals surface area contributed by atoms with Crippen molar-refractivity contribution in [2.24, 2.45) is 0 Å². The van der Waals surface area contributed by atoms with Crippen LogP contribution in [-0.2, 0) is 6.61 Å². The molecular formula is C11H10BrN3O2S. The maximum absolute atomic E-state index is 11.3. The van der Waals surface area contributed by atoms with Crippen LogP contribution in [0.15, 0.2) is 43.6 Å². The first kappa shape index (κ1) is 13.1. The van der Waals surface area contributed by atoms with E-state index in [0.29, 0.717) is 5.16 Å². The number of hydrogen-bond donors (Lipinski definition) is 3. The summed E-state index contributed by atoms with van der Waals surface area (Å²) in [5.41, 5.74) is 6.03. The standard InChI is InChI=1S/C11H10BrN3O2S/c12-7-3-6(5-16)1-2-8(7)18-11-14-9(13)4-10(17)15-11/h1-4,16H,5H2,(H3,13,14,15,17). The van der Waals surface area contributed by atoms with Crippen LogP contribution < -0.4 is 11.3 Å².